The molecule has 62 valence electrons. The normalized spacial score (nSPS) is 13.2. The fourth-order valence-electron chi connectivity index (χ4n) is 0.845. The van der Waals surface area contributed by atoms with Crippen molar-refractivity contribution in [3.8, 4) is 6.07 Å². The minimum Gasteiger partial charge on any atom is -0.387 e. The zero-order chi connectivity index (χ0) is 9.84. The molecule has 0 aromatic heterocycles. The maximum atomic E-state index is 9.46. The third-order valence-electron chi connectivity index (χ3n) is 1.43. The Morgan fingerprint density at radius 2 is 2.58 bits per heavy atom. The Balaban J connectivity index is 3.00. The highest BCUT2D eigenvalue weighted by molar-refractivity contribution is 9.10. The second-order valence-corrected chi connectivity index (χ2v) is 3.26. The van der Waals surface area contributed by atoms with Gasteiger partial charge in [-0.1, -0.05) is 28.0 Å². The van der Waals surface area contributed by atoms with Gasteiger partial charge in [0, 0.05) is 4.47 Å². The van der Waals surface area contributed by atoms with E-state index in [1.807, 2.05) is 6.07 Å². The molecule has 3 heteroatoms. The quantitative estimate of drug-likeness (QED) is 0.842. The second-order valence-electron chi connectivity index (χ2n) is 2.34. The van der Waals surface area contributed by atoms with Crippen molar-refractivity contribution >= 4 is 15.9 Å². The highest BCUT2D eigenvalue weighted by Crippen LogP contribution is 2.19. The Labute approximate surface area is 81.0 Å². The van der Waals surface area contributed by atoms with Crippen molar-refractivity contribution in [3.05, 3.63) is 34.3 Å². The van der Waals surface area contributed by atoms with Crippen molar-refractivity contribution in [3.63, 3.8) is 0 Å². The molecular formula is C9H8BrNO. The standard InChI is InChI=1S/C9H8BrNO/c10-8-3-1-2-7(6-8)9(12)4-5-11/h1-3,6,9,12H,4H2/i2D. The summed E-state index contributed by atoms with van der Waals surface area (Å²) in [6, 6.07) is 7.09. The number of aliphatic hydroxyl groups excluding tert-OH is 1. The van der Waals surface area contributed by atoms with E-state index in [1.54, 1.807) is 18.2 Å². The van der Waals surface area contributed by atoms with Crippen molar-refractivity contribution in [1.29, 1.82) is 5.26 Å². The number of hydrogen-bond acceptors (Lipinski definition) is 2. The molecule has 0 bridgehead atoms. The van der Waals surface area contributed by atoms with Crippen molar-refractivity contribution in [2.24, 2.45) is 0 Å². The van der Waals surface area contributed by atoms with Gasteiger partial charge in [-0.15, -0.1) is 0 Å². The molecule has 0 radical (unpaired) electrons. The fraction of sp³-hybridized carbons (Fsp3) is 0.222. The van der Waals surface area contributed by atoms with Crippen LogP contribution in [0.2, 0.25) is 0 Å². The molecule has 12 heavy (non-hydrogen) atoms. The molecule has 1 rings (SSSR count). The van der Waals surface area contributed by atoms with Crippen LogP contribution in [0.1, 0.15) is 19.5 Å². The first-order valence-electron chi connectivity index (χ1n) is 3.96. The lowest BCUT2D eigenvalue weighted by atomic mass is 10.1. The average Bonchev–Trinajstić information content (AvgIpc) is 2.09. The summed E-state index contributed by atoms with van der Waals surface area (Å²) in [7, 11) is 0. The van der Waals surface area contributed by atoms with Gasteiger partial charge in [0.15, 0.2) is 0 Å². The van der Waals surface area contributed by atoms with Crippen LogP contribution in [0.25, 0.3) is 0 Å². The van der Waals surface area contributed by atoms with Crippen LogP contribution in [0.15, 0.2) is 28.7 Å². The highest BCUT2D eigenvalue weighted by atomic mass is 79.9. The molecule has 1 aromatic carbocycles. The first-order chi connectivity index (χ1) is 6.15. The van der Waals surface area contributed by atoms with Gasteiger partial charge in [0.2, 0.25) is 0 Å². The van der Waals surface area contributed by atoms with Gasteiger partial charge in [-0.3, -0.25) is 0 Å². The van der Waals surface area contributed by atoms with Crippen LogP contribution in [0, 0.1) is 11.3 Å². The van der Waals surface area contributed by atoms with Gasteiger partial charge in [-0.25, -0.2) is 0 Å². The van der Waals surface area contributed by atoms with Gasteiger partial charge >= 0.3 is 0 Å². The lowest BCUT2D eigenvalue weighted by Gasteiger charge is -2.05. The zero-order valence-electron chi connectivity index (χ0n) is 7.29. The molecule has 0 aliphatic rings. The van der Waals surface area contributed by atoms with Crippen molar-refractivity contribution < 1.29 is 6.48 Å². The molecule has 1 aromatic rings. The fourth-order valence-corrected chi connectivity index (χ4v) is 1.22. The molecule has 1 unspecified atom stereocenters. The van der Waals surface area contributed by atoms with E-state index < -0.39 is 6.10 Å². The van der Waals surface area contributed by atoms with Gasteiger partial charge in [0.1, 0.15) is 0 Å². The Morgan fingerprint density at radius 1 is 1.83 bits per heavy atom. The first kappa shape index (κ1) is 7.78. The van der Waals surface area contributed by atoms with E-state index in [2.05, 4.69) is 15.9 Å². The van der Waals surface area contributed by atoms with Crippen LogP contribution in [0.5, 0.6) is 0 Å². The molecule has 0 aliphatic carbocycles. The molecule has 0 aliphatic heterocycles. The molecular weight excluding hydrogens is 218 g/mol. The number of aliphatic hydroxyl groups is 1. The highest BCUT2D eigenvalue weighted by Gasteiger charge is 2.05. The monoisotopic (exact) mass is 226 g/mol. The lowest BCUT2D eigenvalue weighted by molar-refractivity contribution is 0.183. The van der Waals surface area contributed by atoms with Crippen LogP contribution in [0.4, 0.5) is 0 Å². The van der Waals surface area contributed by atoms with E-state index >= 15 is 0 Å². The summed E-state index contributed by atoms with van der Waals surface area (Å²) in [6.45, 7) is 0. The van der Waals surface area contributed by atoms with Gasteiger partial charge in [0.05, 0.1) is 20.0 Å². The molecule has 0 heterocycles. The summed E-state index contributed by atoms with van der Waals surface area (Å²) >= 11 is 3.24. The molecule has 0 saturated carbocycles. The molecule has 0 saturated heterocycles. The molecule has 0 amide bonds. The van der Waals surface area contributed by atoms with Crippen LogP contribution in [-0.4, -0.2) is 5.11 Å². The minimum atomic E-state index is -0.866. The molecule has 1 atom stereocenters. The zero-order valence-corrected chi connectivity index (χ0v) is 7.87. The largest absolute Gasteiger partial charge is 0.387 e. The first-order valence-corrected chi connectivity index (χ1v) is 4.25. The number of hydrogen-bond donors (Lipinski definition) is 1. The Hall–Kier alpha value is -0.850. The maximum Gasteiger partial charge on any atom is 0.0920 e. The van der Waals surface area contributed by atoms with E-state index in [0.29, 0.717) is 5.56 Å². The number of nitrogens with zero attached hydrogens (tertiary/aromatic N) is 1. The third kappa shape index (κ3) is 2.33. The van der Waals surface area contributed by atoms with E-state index in [4.69, 9.17) is 6.63 Å². The van der Waals surface area contributed by atoms with Crippen LogP contribution in [0.3, 0.4) is 0 Å². The SMILES string of the molecule is [2H]c1ccc(Br)cc1C(O)CC#N. The Kier molecular flexibility index (Phi) is 2.75. The van der Waals surface area contributed by atoms with Crippen LogP contribution < -0.4 is 0 Å². The molecule has 0 spiro atoms. The topological polar surface area (TPSA) is 44.0 Å². The third-order valence-corrected chi connectivity index (χ3v) is 1.92. The molecule has 0 fully saturated rings. The predicted octanol–water partition coefficient (Wildman–Crippen LogP) is 2.40. The van der Waals surface area contributed by atoms with Crippen molar-refractivity contribution in [1.82, 2.24) is 0 Å². The van der Waals surface area contributed by atoms with E-state index in [0.717, 1.165) is 4.47 Å². The summed E-state index contributed by atoms with van der Waals surface area (Å²) in [6.07, 6.45) is -0.850. The van der Waals surface area contributed by atoms with E-state index in [1.165, 1.54) is 0 Å². The van der Waals surface area contributed by atoms with E-state index in [-0.39, 0.29) is 12.5 Å². The predicted molar refractivity (Wildman–Crippen MR) is 49.3 cm³/mol. The molecule has 2 nitrogen and oxygen atoms in total. The van der Waals surface area contributed by atoms with Gasteiger partial charge in [-0.2, -0.15) is 5.26 Å². The van der Waals surface area contributed by atoms with Crippen molar-refractivity contribution in [2.75, 3.05) is 0 Å². The number of benzene rings is 1. The van der Waals surface area contributed by atoms with Crippen molar-refractivity contribution in [2.45, 2.75) is 12.5 Å². The van der Waals surface area contributed by atoms with Crippen LogP contribution in [-0.2, 0) is 0 Å². The number of rotatable bonds is 2. The van der Waals surface area contributed by atoms with E-state index in [9.17, 15) is 5.11 Å². The number of halogens is 1. The number of nitriles is 1. The summed E-state index contributed by atoms with van der Waals surface area (Å²) in [4.78, 5) is 0. The summed E-state index contributed by atoms with van der Waals surface area (Å²) < 4.78 is 8.29. The summed E-state index contributed by atoms with van der Waals surface area (Å²) in [5.74, 6) is 0. The Bertz CT molecular complexity index is 348. The summed E-state index contributed by atoms with van der Waals surface area (Å²) in [5.41, 5.74) is 0.482. The lowest BCUT2D eigenvalue weighted by Crippen LogP contribution is -1.94. The maximum absolute atomic E-state index is 9.46. The smallest absolute Gasteiger partial charge is 0.0920 e. The average molecular weight is 227 g/mol. The molecule has 1 N–H and O–H groups in total. The minimum absolute atomic E-state index is 0.0162. The second kappa shape index (κ2) is 4.24. The summed E-state index contributed by atoms with van der Waals surface area (Å²) in [5, 5.41) is 17.8. The van der Waals surface area contributed by atoms with Gasteiger partial charge in [0.25, 0.3) is 0 Å². The van der Waals surface area contributed by atoms with Crippen LogP contribution >= 0.6 is 15.9 Å². The van der Waals surface area contributed by atoms with Gasteiger partial charge < -0.3 is 5.11 Å². The van der Waals surface area contributed by atoms with Gasteiger partial charge in [-0.05, 0) is 17.7 Å². The Morgan fingerprint density at radius 3 is 3.25 bits per heavy atom.